The van der Waals surface area contributed by atoms with E-state index in [0.717, 1.165) is 9.52 Å². The maximum Gasteiger partial charge on any atom is 0.0390 e. The number of rotatable bonds is 2. The number of hydrogen-bond acceptors (Lipinski definition) is 0. The van der Waals surface area contributed by atoms with Gasteiger partial charge in [-0.2, -0.15) is 0 Å². The zero-order chi connectivity index (χ0) is 16.5. The molecule has 0 heterocycles. The standard InChI is InChI=1S/C21H30Si/c1-13-9-14(2)18-17(15(13)3)10-16(11-22-8)21(18)19(4,5)12-20(21,6)7/h9-10H,11-12H2,1-8H3. The van der Waals surface area contributed by atoms with Gasteiger partial charge >= 0.3 is 0 Å². The molecule has 1 fully saturated rings. The Bertz CT molecular complexity index is 660. The first kappa shape index (κ1) is 16.0. The lowest BCUT2D eigenvalue weighted by Gasteiger charge is -2.68. The predicted molar refractivity (Wildman–Crippen MR) is 98.9 cm³/mol. The molecule has 0 nitrogen and oxygen atoms in total. The molecule has 1 heteroatoms. The Morgan fingerprint density at radius 3 is 2.09 bits per heavy atom. The van der Waals surface area contributed by atoms with Gasteiger partial charge in [0.15, 0.2) is 0 Å². The van der Waals surface area contributed by atoms with E-state index in [-0.39, 0.29) is 5.41 Å². The van der Waals surface area contributed by atoms with Crippen LogP contribution in [-0.2, 0) is 5.41 Å². The van der Waals surface area contributed by atoms with Crippen molar-refractivity contribution < 1.29 is 0 Å². The van der Waals surface area contributed by atoms with Crippen molar-refractivity contribution in [1.29, 1.82) is 0 Å². The van der Waals surface area contributed by atoms with Crippen molar-refractivity contribution in [2.75, 3.05) is 0 Å². The Hall–Kier alpha value is -0.823. The molecule has 0 bridgehead atoms. The summed E-state index contributed by atoms with van der Waals surface area (Å²) in [5.74, 6) is 0. The normalized spacial score (nSPS) is 23.2. The van der Waals surface area contributed by atoms with Crippen LogP contribution < -0.4 is 0 Å². The summed E-state index contributed by atoms with van der Waals surface area (Å²) in [5.41, 5.74) is 10.3. The third-order valence-corrected chi connectivity index (χ3v) is 7.28. The highest BCUT2D eigenvalue weighted by molar-refractivity contribution is 6.34. The smallest absolute Gasteiger partial charge is 0.0390 e. The molecule has 3 rings (SSSR count). The highest BCUT2D eigenvalue weighted by Gasteiger charge is 2.69. The molecule has 0 unspecified atom stereocenters. The first-order valence-electron chi connectivity index (χ1n) is 8.57. The monoisotopic (exact) mass is 310 g/mol. The SMILES string of the molecule is C[Si]CC1=Cc2c(C)c(C)cc(C)c2C12C(C)(C)CC2(C)C. The van der Waals surface area contributed by atoms with Gasteiger partial charge in [-0.1, -0.05) is 52.0 Å². The lowest BCUT2D eigenvalue weighted by molar-refractivity contribution is -0.0892. The molecule has 0 amide bonds. The first-order chi connectivity index (χ1) is 10.1. The minimum absolute atomic E-state index is 0.251. The summed E-state index contributed by atoms with van der Waals surface area (Å²) < 4.78 is 0. The second kappa shape index (κ2) is 4.60. The average Bonchev–Trinajstić information content (AvgIpc) is 2.74. The van der Waals surface area contributed by atoms with Crippen LogP contribution in [0.5, 0.6) is 0 Å². The van der Waals surface area contributed by atoms with Crippen molar-refractivity contribution >= 4 is 15.6 Å². The van der Waals surface area contributed by atoms with E-state index in [1.807, 2.05) is 0 Å². The van der Waals surface area contributed by atoms with E-state index in [9.17, 15) is 0 Å². The van der Waals surface area contributed by atoms with Crippen molar-refractivity contribution in [2.24, 2.45) is 10.8 Å². The number of allylic oxidation sites excluding steroid dienone is 1. The summed E-state index contributed by atoms with van der Waals surface area (Å²) >= 11 is 0. The average molecular weight is 311 g/mol. The van der Waals surface area contributed by atoms with Crippen LogP contribution >= 0.6 is 0 Å². The van der Waals surface area contributed by atoms with Crippen molar-refractivity contribution in [3.05, 3.63) is 39.5 Å². The van der Waals surface area contributed by atoms with Crippen molar-refractivity contribution in [1.82, 2.24) is 0 Å². The molecule has 1 spiro atoms. The summed E-state index contributed by atoms with van der Waals surface area (Å²) in [7, 11) is 0.998. The molecule has 1 saturated carbocycles. The molecule has 0 N–H and O–H groups in total. The Morgan fingerprint density at radius 1 is 1.00 bits per heavy atom. The van der Waals surface area contributed by atoms with Gasteiger partial charge in [0.1, 0.15) is 0 Å². The van der Waals surface area contributed by atoms with Crippen LogP contribution in [0.4, 0.5) is 0 Å². The number of hydrogen-bond donors (Lipinski definition) is 0. The molecule has 2 aliphatic carbocycles. The molecule has 118 valence electrons. The van der Waals surface area contributed by atoms with E-state index in [1.165, 1.54) is 29.2 Å². The van der Waals surface area contributed by atoms with E-state index >= 15 is 0 Å². The summed E-state index contributed by atoms with van der Waals surface area (Å²) in [5, 5.41) is 0. The molecule has 0 atom stereocenters. The van der Waals surface area contributed by atoms with E-state index < -0.39 is 0 Å². The van der Waals surface area contributed by atoms with Crippen molar-refractivity contribution in [3.8, 4) is 0 Å². The van der Waals surface area contributed by atoms with Gasteiger partial charge in [0, 0.05) is 14.9 Å². The van der Waals surface area contributed by atoms with E-state index in [1.54, 1.807) is 16.7 Å². The van der Waals surface area contributed by atoms with Gasteiger partial charge in [0.2, 0.25) is 0 Å². The summed E-state index contributed by atoms with van der Waals surface area (Å²) in [6.07, 6.45) is 3.89. The third kappa shape index (κ3) is 1.64. The van der Waals surface area contributed by atoms with Crippen LogP contribution in [0.15, 0.2) is 11.6 Å². The molecular weight excluding hydrogens is 280 g/mol. The highest BCUT2D eigenvalue weighted by atomic mass is 28.2. The van der Waals surface area contributed by atoms with E-state index in [0.29, 0.717) is 10.8 Å². The van der Waals surface area contributed by atoms with Gasteiger partial charge in [0.05, 0.1) is 0 Å². The fourth-order valence-corrected chi connectivity index (χ4v) is 7.09. The highest BCUT2D eigenvalue weighted by Crippen LogP contribution is 2.74. The van der Waals surface area contributed by atoms with E-state index in [2.05, 4.69) is 67.2 Å². The molecule has 1 aromatic carbocycles. The van der Waals surface area contributed by atoms with Crippen LogP contribution in [0.2, 0.25) is 12.6 Å². The van der Waals surface area contributed by atoms with Crippen LogP contribution in [0.25, 0.3) is 6.08 Å². The lowest BCUT2D eigenvalue weighted by Crippen LogP contribution is -2.64. The van der Waals surface area contributed by atoms with Crippen molar-refractivity contribution in [3.63, 3.8) is 0 Å². The molecule has 0 saturated heterocycles. The molecule has 0 aliphatic heterocycles. The summed E-state index contributed by atoms with van der Waals surface area (Å²) in [6.45, 7) is 19.2. The minimum atomic E-state index is 0.251. The van der Waals surface area contributed by atoms with Gasteiger partial charge in [-0.05, 0) is 71.9 Å². The minimum Gasteiger partial charge on any atom is -0.0730 e. The zero-order valence-electron chi connectivity index (χ0n) is 15.6. The molecule has 2 aliphatic rings. The molecule has 2 radical (unpaired) electrons. The molecule has 0 aromatic heterocycles. The Balaban J connectivity index is 2.38. The lowest BCUT2D eigenvalue weighted by atomic mass is 9.35. The van der Waals surface area contributed by atoms with Crippen LogP contribution in [-0.4, -0.2) is 9.52 Å². The second-order valence-electron chi connectivity index (χ2n) is 8.82. The number of benzene rings is 1. The maximum absolute atomic E-state index is 2.57. The summed E-state index contributed by atoms with van der Waals surface area (Å²) in [4.78, 5) is 0. The van der Waals surface area contributed by atoms with Gasteiger partial charge in [-0.3, -0.25) is 0 Å². The number of aryl methyl sites for hydroxylation is 2. The topological polar surface area (TPSA) is 0 Å². The number of fused-ring (bicyclic) bond motifs is 2. The molecule has 1 aromatic rings. The molecule has 22 heavy (non-hydrogen) atoms. The first-order valence-corrected chi connectivity index (χ1v) is 10.3. The van der Waals surface area contributed by atoms with Gasteiger partial charge < -0.3 is 0 Å². The fraction of sp³-hybridized carbons (Fsp3) is 0.619. The fourth-order valence-electron chi connectivity index (χ4n) is 6.34. The van der Waals surface area contributed by atoms with Crippen molar-refractivity contribution in [2.45, 2.75) is 72.9 Å². The maximum atomic E-state index is 2.57. The predicted octanol–water partition coefficient (Wildman–Crippen LogP) is 5.87. The van der Waals surface area contributed by atoms with Gasteiger partial charge in [0.25, 0.3) is 0 Å². The van der Waals surface area contributed by atoms with Crippen LogP contribution in [0.3, 0.4) is 0 Å². The quantitative estimate of drug-likeness (QED) is 0.599. The third-order valence-electron chi connectivity index (χ3n) is 6.55. The molecular formula is C21H30Si. The second-order valence-corrected chi connectivity index (χ2v) is 9.88. The largest absolute Gasteiger partial charge is 0.0730 e. The zero-order valence-corrected chi connectivity index (χ0v) is 16.6. The van der Waals surface area contributed by atoms with Gasteiger partial charge in [-0.15, -0.1) is 0 Å². The summed E-state index contributed by atoms with van der Waals surface area (Å²) in [6, 6.07) is 3.69. The van der Waals surface area contributed by atoms with Crippen LogP contribution in [0.1, 0.15) is 61.9 Å². The Labute approximate surface area is 139 Å². The van der Waals surface area contributed by atoms with Crippen LogP contribution in [0, 0.1) is 31.6 Å². The van der Waals surface area contributed by atoms with Gasteiger partial charge in [-0.25, -0.2) is 0 Å². The van der Waals surface area contributed by atoms with E-state index in [4.69, 9.17) is 0 Å². The Kier molecular flexibility index (Phi) is 3.35. The Morgan fingerprint density at radius 2 is 1.59 bits per heavy atom.